The predicted octanol–water partition coefficient (Wildman–Crippen LogP) is 3.69. The van der Waals surface area contributed by atoms with E-state index in [2.05, 4.69) is 18.6 Å². The molecule has 0 spiro atoms. The Balaban J connectivity index is 2.22. The highest BCUT2D eigenvalue weighted by atomic mass is 32.2. The summed E-state index contributed by atoms with van der Waals surface area (Å²) in [7, 11) is -3.51. The second-order valence-electron chi connectivity index (χ2n) is 5.22. The van der Waals surface area contributed by atoms with Gasteiger partial charge in [-0.2, -0.15) is 0 Å². The van der Waals surface area contributed by atoms with Gasteiger partial charge in [0.1, 0.15) is 0 Å². The molecule has 0 fully saturated rings. The molecular weight excluding hydrogens is 270 g/mol. The molecule has 2 aromatic carbocycles. The Kier molecular flexibility index (Phi) is 4.45. The van der Waals surface area contributed by atoms with Crippen molar-refractivity contribution in [3.8, 4) is 0 Å². The van der Waals surface area contributed by atoms with E-state index in [4.69, 9.17) is 0 Å². The van der Waals surface area contributed by atoms with E-state index < -0.39 is 10.0 Å². The Bertz CT molecular complexity index is 664. The van der Waals surface area contributed by atoms with Crippen LogP contribution in [0.3, 0.4) is 0 Å². The zero-order valence-electron chi connectivity index (χ0n) is 11.7. The quantitative estimate of drug-likeness (QED) is 0.912. The molecule has 106 valence electrons. The standard InChI is InChI=1S/C16H19NO2S/c1-13(2)11-14-7-6-8-15(12-14)17-20(18,19)16-9-4-3-5-10-16/h3-10,12-13,17H,11H2,1-2H3. The first-order chi connectivity index (χ1) is 9.47. The number of rotatable bonds is 5. The van der Waals surface area contributed by atoms with Gasteiger partial charge < -0.3 is 0 Å². The van der Waals surface area contributed by atoms with Crippen molar-refractivity contribution in [3.63, 3.8) is 0 Å². The highest BCUT2D eigenvalue weighted by molar-refractivity contribution is 7.92. The van der Waals surface area contributed by atoms with Crippen LogP contribution in [-0.4, -0.2) is 8.42 Å². The lowest BCUT2D eigenvalue weighted by Gasteiger charge is -2.10. The molecule has 3 nitrogen and oxygen atoms in total. The predicted molar refractivity (Wildman–Crippen MR) is 82.2 cm³/mol. The molecule has 0 saturated carbocycles. The van der Waals surface area contributed by atoms with Crippen LogP contribution in [0.2, 0.25) is 0 Å². The summed E-state index contributed by atoms with van der Waals surface area (Å²) in [6.45, 7) is 4.28. The number of anilines is 1. The van der Waals surface area contributed by atoms with Crippen LogP contribution in [-0.2, 0) is 16.4 Å². The van der Waals surface area contributed by atoms with E-state index in [1.165, 1.54) is 0 Å². The van der Waals surface area contributed by atoms with Crippen LogP contribution in [0.5, 0.6) is 0 Å². The summed E-state index contributed by atoms with van der Waals surface area (Å²) in [6, 6.07) is 15.9. The van der Waals surface area contributed by atoms with Crippen LogP contribution in [0, 0.1) is 5.92 Å². The number of benzene rings is 2. The molecule has 0 aromatic heterocycles. The fraction of sp³-hybridized carbons (Fsp3) is 0.250. The topological polar surface area (TPSA) is 46.2 Å². The molecule has 2 rings (SSSR count). The van der Waals surface area contributed by atoms with Crippen molar-refractivity contribution in [3.05, 3.63) is 60.2 Å². The average molecular weight is 289 g/mol. The Hall–Kier alpha value is -1.81. The molecular formula is C16H19NO2S. The van der Waals surface area contributed by atoms with Gasteiger partial charge in [0.15, 0.2) is 0 Å². The maximum absolute atomic E-state index is 12.2. The fourth-order valence-corrected chi connectivity index (χ4v) is 3.12. The third-order valence-electron chi connectivity index (χ3n) is 2.88. The first kappa shape index (κ1) is 14.6. The molecule has 4 heteroatoms. The summed E-state index contributed by atoms with van der Waals surface area (Å²) in [5, 5.41) is 0. The number of hydrogen-bond acceptors (Lipinski definition) is 2. The van der Waals surface area contributed by atoms with E-state index in [1.54, 1.807) is 36.4 Å². The second-order valence-corrected chi connectivity index (χ2v) is 6.90. The summed E-state index contributed by atoms with van der Waals surface area (Å²) in [4.78, 5) is 0.272. The van der Waals surface area contributed by atoms with Gasteiger partial charge in [0, 0.05) is 5.69 Å². The minimum Gasteiger partial charge on any atom is -0.280 e. The third kappa shape index (κ3) is 3.84. The van der Waals surface area contributed by atoms with E-state index in [9.17, 15) is 8.42 Å². The van der Waals surface area contributed by atoms with Crippen LogP contribution in [0.4, 0.5) is 5.69 Å². The summed E-state index contributed by atoms with van der Waals surface area (Å²) in [5.41, 5.74) is 1.74. The van der Waals surface area contributed by atoms with E-state index in [0.29, 0.717) is 11.6 Å². The Morgan fingerprint density at radius 1 is 1.00 bits per heavy atom. The summed E-state index contributed by atoms with van der Waals surface area (Å²) >= 11 is 0. The maximum Gasteiger partial charge on any atom is 0.261 e. The van der Waals surface area contributed by atoms with Gasteiger partial charge >= 0.3 is 0 Å². The van der Waals surface area contributed by atoms with Gasteiger partial charge in [-0.3, -0.25) is 4.72 Å². The summed E-state index contributed by atoms with van der Waals surface area (Å²) in [5.74, 6) is 0.538. The number of nitrogens with one attached hydrogen (secondary N) is 1. The van der Waals surface area contributed by atoms with Crippen molar-refractivity contribution in [1.29, 1.82) is 0 Å². The minimum atomic E-state index is -3.51. The summed E-state index contributed by atoms with van der Waals surface area (Å²) in [6.07, 6.45) is 0.931. The van der Waals surface area contributed by atoms with Gasteiger partial charge in [0.05, 0.1) is 4.90 Å². The number of sulfonamides is 1. The Morgan fingerprint density at radius 2 is 1.70 bits per heavy atom. The van der Waals surface area contributed by atoms with E-state index >= 15 is 0 Å². The van der Waals surface area contributed by atoms with Gasteiger partial charge in [-0.25, -0.2) is 8.42 Å². The molecule has 2 aromatic rings. The normalized spacial score (nSPS) is 11.6. The molecule has 0 saturated heterocycles. The van der Waals surface area contributed by atoms with Gasteiger partial charge in [-0.1, -0.05) is 44.2 Å². The molecule has 0 aliphatic carbocycles. The van der Waals surface area contributed by atoms with Crippen molar-refractivity contribution in [2.75, 3.05) is 4.72 Å². The molecule has 0 atom stereocenters. The third-order valence-corrected chi connectivity index (χ3v) is 4.27. The molecule has 20 heavy (non-hydrogen) atoms. The Morgan fingerprint density at radius 3 is 2.35 bits per heavy atom. The highest BCUT2D eigenvalue weighted by Gasteiger charge is 2.13. The smallest absolute Gasteiger partial charge is 0.261 e. The SMILES string of the molecule is CC(C)Cc1cccc(NS(=O)(=O)c2ccccc2)c1. The minimum absolute atomic E-state index is 0.272. The molecule has 0 amide bonds. The van der Waals surface area contributed by atoms with Crippen LogP contribution < -0.4 is 4.72 Å². The molecule has 0 radical (unpaired) electrons. The lowest BCUT2D eigenvalue weighted by molar-refractivity contribution is 0.601. The summed E-state index contributed by atoms with van der Waals surface area (Å²) < 4.78 is 27.1. The molecule has 0 heterocycles. The van der Waals surface area contributed by atoms with Crippen molar-refractivity contribution < 1.29 is 8.42 Å². The number of hydrogen-bond donors (Lipinski definition) is 1. The van der Waals surface area contributed by atoms with Crippen molar-refractivity contribution >= 4 is 15.7 Å². The van der Waals surface area contributed by atoms with Crippen molar-refractivity contribution in [1.82, 2.24) is 0 Å². The zero-order valence-corrected chi connectivity index (χ0v) is 12.5. The van der Waals surface area contributed by atoms with E-state index in [-0.39, 0.29) is 4.90 Å². The largest absolute Gasteiger partial charge is 0.280 e. The van der Waals surface area contributed by atoms with E-state index in [0.717, 1.165) is 12.0 Å². The van der Waals surface area contributed by atoms with Gasteiger partial charge in [-0.15, -0.1) is 0 Å². The Labute approximate surface area is 120 Å². The highest BCUT2D eigenvalue weighted by Crippen LogP contribution is 2.18. The monoisotopic (exact) mass is 289 g/mol. The van der Waals surface area contributed by atoms with Crippen LogP contribution >= 0.6 is 0 Å². The lowest BCUT2D eigenvalue weighted by atomic mass is 10.0. The molecule has 0 bridgehead atoms. The van der Waals surface area contributed by atoms with Crippen LogP contribution in [0.15, 0.2) is 59.5 Å². The maximum atomic E-state index is 12.2. The van der Waals surface area contributed by atoms with Crippen molar-refractivity contribution in [2.45, 2.75) is 25.2 Å². The second kappa shape index (κ2) is 6.09. The molecule has 1 N–H and O–H groups in total. The van der Waals surface area contributed by atoms with Gasteiger partial charge in [0.25, 0.3) is 10.0 Å². The first-order valence-corrected chi connectivity index (χ1v) is 8.12. The molecule has 0 aliphatic heterocycles. The van der Waals surface area contributed by atoms with Crippen LogP contribution in [0.1, 0.15) is 19.4 Å². The zero-order chi connectivity index (χ0) is 14.6. The lowest BCUT2D eigenvalue weighted by Crippen LogP contribution is -2.13. The first-order valence-electron chi connectivity index (χ1n) is 6.64. The van der Waals surface area contributed by atoms with Gasteiger partial charge in [-0.05, 0) is 42.2 Å². The van der Waals surface area contributed by atoms with E-state index in [1.807, 2.05) is 18.2 Å². The fourth-order valence-electron chi connectivity index (χ4n) is 2.05. The average Bonchev–Trinajstić information content (AvgIpc) is 2.39. The van der Waals surface area contributed by atoms with Crippen molar-refractivity contribution in [2.24, 2.45) is 5.92 Å². The van der Waals surface area contributed by atoms with Gasteiger partial charge in [0.2, 0.25) is 0 Å². The molecule has 0 unspecified atom stereocenters. The van der Waals surface area contributed by atoms with Crippen LogP contribution in [0.25, 0.3) is 0 Å². The molecule has 0 aliphatic rings.